The van der Waals surface area contributed by atoms with Crippen molar-refractivity contribution < 1.29 is 0 Å². The van der Waals surface area contributed by atoms with Crippen molar-refractivity contribution in [2.75, 3.05) is 6.54 Å². The molecule has 1 heterocycles. The van der Waals surface area contributed by atoms with Crippen LogP contribution in [0.5, 0.6) is 0 Å². The third kappa shape index (κ3) is 3.31. The fraction of sp³-hybridized carbons (Fsp3) is 0.308. The molecule has 1 aromatic carbocycles. The van der Waals surface area contributed by atoms with E-state index >= 15 is 0 Å². The topological polar surface area (TPSA) is 38.9 Å². The van der Waals surface area contributed by atoms with Crippen molar-refractivity contribution in [1.82, 2.24) is 4.98 Å². The van der Waals surface area contributed by atoms with Gasteiger partial charge in [0.25, 0.3) is 0 Å². The van der Waals surface area contributed by atoms with Crippen LogP contribution in [-0.2, 0) is 0 Å². The van der Waals surface area contributed by atoms with E-state index < -0.39 is 0 Å². The minimum Gasteiger partial charge on any atom is -0.329 e. The first-order chi connectivity index (χ1) is 8.19. The zero-order chi connectivity index (χ0) is 12.3. The molecule has 17 heavy (non-hydrogen) atoms. The molecule has 90 valence electrons. The number of thioether (sulfide) groups is 1. The Morgan fingerprint density at radius 2 is 2.00 bits per heavy atom. The lowest BCUT2D eigenvalue weighted by atomic mass is 10.1. The molecule has 0 aliphatic heterocycles. The smallest absolute Gasteiger partial charge is 0.150 e. The quantitative estimate of drug-likeness (QED) is 0.858. The molecule has 0 aliphatic carbocycles. The van der Waals surface area contributed by atoms with Gasteiger partial charge in [-0.2, -0.15) is 0 Å². The van der Waals surface area contributed by atoms with Gasteiger partial charge in [-0.15, -0.1) is 11.3 Å². The Labute approximate surface area is 110 Å². The standard InChI is InChI=1S/C13H16N2S2/c1-9-3-5-11(6-4-9)12(7-14)17-13-15-10(2)8-16-13/h3-6,8,12H,7,14H2,1-2H3. The number of hydrogen-bond donors (Lipinski definition) is 1. The Kier molecular flexibility index (Phi) is 4.20. The van der Waals surface area contributed by atoms with Crippen molar-refractivity contribution in [3.05, 3.63) is 46.5 Å². The van der Waals surface area contributed by atoms with Gasteiger partial charge in [0.05, 0.1) is 0 Å². The summed E-state index contributed by atoms with van der Waals surface area (Å²) in [4.78, 5) is 4.47. The Morgan fingerprint density at radius 3 is 2.53 bits per heavy atom. The van der Waals surface area contributed by atoms with Crippen LogP contribution in [0.2, 0.25) is 0 Å². The van der Waals surface area contributed by atoms with Crippen molar-refractivity contribution in [3.63, 3.8) is 0 Å². The van der Waals surface area contributed by atoms with Crippen molar-refractivity contribution in [1.29, 1.82) is 0 Å². The predicted octanol–water partition coefficient (Wildman–Crippen LogP) is 3.55. The molecule has 0 radical (unpaired) electrons. The monoisotopic (exact) mass is 264 g/mol. The maximum absolute atomic E-state index is 5.85. The van der Waals surface area contributed by atoms with Crippen LogP contribution in [0.3, 0.4) is 0 Å². The highest BCUT2D eigenvalue weighted by molar-refractivity contribution is 8.01. The highest BCUT2D eigenvalue weighted by Gasteiger charge is 2.13. The fourth-order valence-corrected chi connectivity index (χ4v) is 3.61. The molecule has 4 heteroatoms. The van der Waals surface area contributed by atoms with E-state index in [2.05, 4.69) is 41.6 Å². The second kappa shape index (κ2) is 5.67. The average molecular weight is 264 g/mol. The summed E-state index contributed by atoms with van der Waals surface area (Å²) >= 11 is 3.44. The molecule has 2 nitrogen and oxygen atoms in total. The molecule has 0 saturated heterocycles. The van der Waals surface area contributed by atoms with Crippen molar-refractivity contribution in [2.45, 2.75) is 23.4 Å². The van der Waals surface area contributed by atoms with Crippen LogP contribution in [0.1, 0.15) is 22.1 Å². The first-order valence-corrected chi connectivity index (χ1v) is 7.30. The maximum atomic E-state index is 5.85. The molecule has 2 aromatic rings. The summed E-state index contributed by atoms with van der Waals surface area (Å²) in [5.74, 6) is 0. The normalized spacial score (nSPS) is 12.6. The van der Waals surface area contributed by atoms with E-state index in [0.717, 1.165) is 10.0 Å². The molecule has 1 atom stereocenters. The van der Waals surface area contributed by atoms with Gasteiger partial charge in [-0.3, -0.25) is 0 Å². The minimum atomic E-state index is 0.293. The number of thiazole rings is 1. The molecule has 2 rings (SSSR count). The molecule has 2 N–H and O–H groups in total. The summed E-state index contributed by atoms with van der Waals surface area (Å²) in [7, 11) is 0. The van der Waals surface area contributed by atoms with Gasteiger partial charge in [0.1, 0.15) is 0 Å². The molecule has 0 spiro atoms. The van der Waals surface area contributed by atoms with E-state index in [1.54, 1.807) is 23.1 Å². The number of hydrogen-bond acceptors (Lipinski definition) is 4. The van der Waals surface area contributed by atoms with Gasteiger partial charge >= 0.3 is 0 Å². The van der Waals surface area contributed by atoms with E-state index in [1.165, 1.54) is 11.1 Å². The average Bonchev–Trinajstić information content (AvgIpc) is 2.73. The van der Waals surface area contributed by atoms with E-state index in [0.29, 0.717) is 11.8 Å². The highest BCUT2D eigenvalue weighted by Crippen LogP contribution is 2.36. The second-order valence-corrected chi connectivity index (χ2v) is 6.32. The lowest BCUT2D eigenvalue weighted by Crippen LogP contribution is -2.09. The fourth-order valence-electron chi connectivity index (χ4n) is 1.54. The van der Waals surface area contributed by atoms with E-state index in [9.17, 15) is 0 Å². The lowest BCUT2D eigenvalue weighted by molar-refractivity contribution is 0.937. The Hall–Kier alpha value is -0.840. The van der Waals surface area contributed by atoms with Gasteiger partial charge in [0.2, 0.25) is 0 Å². The van der Waals surface area contributed by atoms with E-state index in [4.69, 9.17) is 5.73 Å². The summed E-state index contributed by atoms with van der Waals surface area (Å²) < 4.78 is 1.10. The molecule has 0 bridgehead atoms. The van der Waals surface area contributed by atoms with Crippen LogP contribution in [-0.4, -0.2) is 11.5 Å². The van der Waals surface area contributed by atoms with Crippen LogP contribution in [0.15, 0.2) is 34.0 Å². The SMILES string of the molecule is Cc1ccc(C(CN)Sc2nc(C)cs2)cc1. The third-order valence-electron chi connectivity index (χ3n) is 2.50. The Morgan fingerprint density at radius 1 is 1.29 bits per heavy atom. The molecule has 0 amide bonds. The summed E-state index contributed by atoms with van der Waals surface area (Å²) in [5.41, 5.74) is 9.49. The number of aryl methyl sites for hydroxylation is 2. The Bertz CT molecular complexity index is 476. The van der Waals surface area contributed by atoms with Crippen molar-refractivity contribution in [3.8, 4) is 0 Å². The summed E-state index contributed by atoms with van der Waals surface area (Å²) in [6.45, 7) is 4.74. The van der Waals surface area contributed by atoms with Crippen molar-refractivity contribution in [2.24, 2.45) is 5.73 Å². The molecule has 0 aliphatic rings. The van der Waals surface area contributed by atoms with Gasteiger partial charge in [0.15, 0.2) is 4.34 Å². The van der Waals surface area contributed by atoms with Gasteiger partial charge in [-0.1, -0.05) is 41.6 Å². The molecule has 1 unspecified atom stereocenters. The summed E-state index contributed by atoms with van der Waals surface area (Å²) in [6.07, 6.45) is 0. The molecule has 0 saturated carbocycles. The summed E-state index contributed by atoms with van der Waals surface area (Å²) in [5, 5.41) is 2.37. The Balaban J connectivity index is 2.13. The van der Waals surface area contributed by atoms with Crippen LogP contribution in [0.25, 0.3) is 0 Å². The number of benzene rings is 1. The highest BCUT2D eigenvalue weighted by atomic mass is 32.2. The van der Waals surface area contributed by atoms with Crippen LogP contribution >= 0.6 is 23.1 Å². The lowest BCUT2D eigenvalue weighted by Gasteiger charge is -2.13. The van der Waals surface area contributed by atoms with E-state index in [-0.39, 0.29) is 0 Å². The zero-order valence-corrected chi connectivity index (χ0v) is 11.6. The second-order valence-electron chi connectivity index (χ2n) is 4.01. The molecule has 1 aromatic heterocycles. The molecular weight excluding hydrogens is 248 g/mol. The largest absolute Gasteiger partial charge is 0.329 e. The number of aromatic nitrogens is 1. The van der Waals surface area contributed by atoms with E-state index in [1.807, 2.05) is 6.92 Å². The molecular formula is C13H16N2S2. The third-order valence-corrected chi connectivity index (χ3v) is 4.88. The first kappa shape index (κ1) is 12.6. The van der Waals surface area contributed by atoms with Crippen LogP contribution in [0.4, 0.5) is 0 Å². The van der Waals surface area contributed by atoms with Gasteiger partial charge in [-0.05, 0) is 19.4 Å². The zero-order valence-electron chi connectivity index (χ0n) is 10.0. The maximum Gasteiger partial charge on any atom is 0.150 e. The summed E-state index contributed by atoms with van der Waals surface area (Å²) in [6, 6.07) is 8.57. The minimum absolute atomic E-state index is 0.293. The molecule has 0 fully saturated rings. The van der Waals surface area contributed by atoms with Crippen LogP contribution in [0, 0.1) is 13.8 Å². The van der Waals surface area contributed by atoms with Gasteiger partial charge in [0, 0.05) is 22.9 Å². The van der Waals surface area contributed by atoms with Crippen molar-refractivity contribution >= 4 is 23.1 Å². The van der Waals surface area contributed by atoms with Gasteiger partial charge < -0.3 is 5.73 Å². The number of nitrogens with two attached hydrogens (primary N) is 1. The van der Waals surface area contributed by atoms with Crippen LogP contribution < -0.4 is 5.73 Å². The number of nitrogens with zero attached hydrogens (tertiary/aromatic N) is 1. The first-order valence-electron chi connectivity index (χ1n) is 5.54. The van der Waals surface area contributed by atoms with Gasteiger partial charge in [-0.25, -0.2) is 4.98 Å². The number of rotatable bonds is 4. The predicted molar refractivity (Wildman–Crippen MR) is 75.7 cm³/mol.